The number of hydrogen-bond acceptors (Lipinski definition) is 13. The van der Waals surface area contributed by atoms with Crippen LogP contribution in [0.2, 0.25) is 0 Å². The van der Waals surface area contributed by atoms with Crippen molar-refractivity contribution in [3.05, 3.63) is 72.9 Å². The van der Waals surface area contributed by atoms with Gasteiger partial charge < -0.3 is 65.1 Å². The monoisotopic (exact) mass is 1080 g/mol. The summed E-state index contributed by atoms with van der Waals surface area (Å²) >= 11 is 0. The summed E-state index contributed by atoms with van der Waals surface area (Å²) in [7, 11) is 0. The first-order chi connectivity index (χ1) is 37.1. The molecule has 2 rings (SSSR count). The van der Waals surface area contributed by atoms with E-state index in [1.54, 1.807) is 0 Å². The van der Waals surface area contributed by atoms with E-state index in [2.05, 4.69) is 92.1 Å². The second-order valence-corrected chi connectivity index (χ2v) is 21.1. The SMILES string of the molecule is CC/C=C\C/C=C\C/C=C\C/C=C\C/C=C\C/C=C\CCCCC(=O)NC(COC1OC(CO)C(OC2OC(CO)C(O)C(O)C2O)C(O)C1O)C(O)CCCCCCCCCCCCCCCCCCCCCCC. The Hall–Kier alpha value is -2.57. The summed E-state index contributed by atoms with van der Waals surface area (Å²) in [6.45, 7) is 2.72. The molecule has 2 aliphatic rings. The Bertz CT molecular complexity index is 1550. The van der Waals surface area contributed by atoms with Gasteiger partial charge in [0.15, 0.2) is 12.6 Å². The first-order valence-electron chi connectivity index (χ1n) is 30.2. The zero-order valence-electron chi connectivity index (χ0n) is 47.2. The molecule has 14 heteroatoms. The quantitative estimate of drug-likeness (QED) is 0.0204. The highest BCUT2D eigenvalue weighted by Gasteiger charge is 2.51. The zero-order chi connectivity index (χ0) is 55.3. The van der Waals surface area contributed by atoms with Crippen LogP contribution in [0.25, 0.3) is 0 Å². The van der Waals surface area contributed by atoms with Crippen molar-refractivity contribution < 1.29 is 64.6 Å². The van der Waals surface area contributed by atoms with Crippen LogP contribution < -0.4 is 5.32 Å². The minimum absolute atomic E-state index is 0.246. The highest BCUT2D eigenvalue weighted by Crippen LogP contribution is 2.30. The lowest BCUT2D eigenvalue weighted by molar-refractivity contribution is -0.359. The average Bonchev–Trinajstić information content (AvgIpc) is 3.42. The number of nitrogens with one attached hydrogen (secondary N) is 1. The lowest BCUT2D eigenvalue weighted by Gasteiger charge is -2.46. The molecular formula is C62H109NO13. The molecule has 0 aromatic rings. The van der Waals surface area contributed by atoms with E-state index >= 15 is 0 Å². The summed E-state index contributed by atoms with van der Waals surface area (Å²) in [6, 6.07) is -0.857. The molecule has 0 aliphatic carbocycles. The van der Waals surface area contributed by atoms with Gasteiger partial charge in [-0.25, -0.2) is 0 Å². The van der Waals surface area contributed by atoms with Gasteiger partial charge in [-0.1, -0.05) is 222 Å². The summed E-state index contributed by atoms with van der Waals surface area (Å²) < 4.78 is 22.8. The van der Waals surface area contributed by atoms with E-state index in [0.717, 1.165) is 77.0 Å². The number of hydrogen-bond donors (Lipinski definition) is 9. The third kappa shape index (κ3) is 32.5. The van der Waals surface area contributed by atoms with Gasteiger partial charge in [0.2, 0.25) is 5.91 Å². The van der Waals surface area contributed by atoms with E-state index in [1.165, 1.54) is 109 Å². The van der Waals surface area contributed by atoms with E-state index in [0.29, 0.717) is 12.8 Å². The largest absolute Gasteiger partial charge is 0.394 e. The van der Waals surface area contributed by atoms with E-state index in [-0.39, 0.29) is 18.9 Å². The minimum Gasteiger partial charge on any atom is -0.394 e. The number of amides is 1. The summed E-state index contributed by atoms with van der Waals surface area (Å²) in [6.07, 6.45) is 44.7. The number of ether oxygens (including phenoxy) is 4. The van der Waals surface area contributed by atoms with E-state index in [9.17, 15) is 45.6 Å². The molecule has 2 aliphatic heterocycles. The predicted molar refractivity (Wildman–Crippen MR) is 304 cm³/mol. The predicted octanol–water partition coefficient (Wildman–Crippen LogP) is 10.3. The van der Waals surface area contributed by atoms with Crippen LogP contribution in [0, 0.1) is 0 Å². The molecule has 2 saturated heterocycles. The summed E-state index contributed by atoms with van der Waals surface area (Å²) in [5, 5.41) is 87.3. The molecule has 1 amide bonds. The van der Waals surface area contributed by atoms with Gasteiger partial charge in [-0.3, -0.25) is 4.79 Å². The first-order valence-corrected chi connectivity index (χ1v) is 30.2. The molecule has 9 N–H and O–H groups in total. The maximum absolute atomic E-state index is 13.3. The number of carbonyl (C=O) groups is 1. The van der Waals surface area contributed by atoms with Gasteiger partial charge in [-0.2, -0.15) is 0 Å². The normalized spacial score (nSPS) is 25.4. The fraction of sp³-hybridized carbons (Fsp3) is 0.790. The van der Waals surface area contributed by atoms with Crippen molar-refractivity contribution in [2.45, 2.75) is 293 Å². The van der Waals surface area contributed by atoms with Crippen molar-refractivity contribution in [1.29, 1.82) is 0 Å². The minimum atomic E-state index is -1.79. The van der Waals surface area contributed by atoms with Gasteiger partial charge in [0.1, 0.15) is 48.8 Å². The lowest BCUT2D eigenvalue weighted by Crippen LogP contribution is -2.65. The molecular weight excluding hydrogens is 967 g/mol. The van der Waals surface area contributed by atoms with Crippen LogP contribution in [0.1, 0.15) is 219 Å². The number of rotatable bonds is 47. The third-order valence-electron chi connectivity index (χ3n) is 14.4. The van der Waals surface area contributed by atoms with Crippen LogP contribution >= 0.6 is 0 Å². The van der Waals surface area contributed by atoms with Gasteiger partial charge in [0.05, 0.1) is 32.0 Å². The van der Waals surface area contributed by atoms with Crippen LogP contribution in [-0.2, 0) is 23.7 Å². The third-order valence-corrected chi connectivity index (χ3v) is 14.4. The molecule has 12 atom stereocenters. The summed E-state index contributed by atoms with van der Waals surface area (Å²) in [5.74, 6) is -0.249. The first kappa shape index (κ1) is 69.5. The molecule has 12 unspecified atom stereocenters. The smallest absolute Gasteiger partial charge is 0.220 e. The molecule has 2 fully saturated rings. The number of aliphatic hydroxyl groups excluding tert-OH is 8. The highest BCUT2D eigenvalue weighted by molar-refractivity contribution is 5.76. The van der Waals surface area contributed by atoms with Crippen LogP contribution in [0.5, 0.6) is 0 Å². The summed E-state index contributed by atoms with van der Waals surface area (Å²) in [5.41, 5.74) is 0. The van der Waals surface area contributed by atoms with Crippen LogP contribution in [-0.4, -0.2) is 140 Å². The lowest BCUT2D eigenvalue weighted by atomic mass is 9.97. The van der Waals surface area contributed by atoms with Gasteiger partial charge >= 0.3 is 0 Å². The van der Waals surface area contributed by atoms with E-state index < -0.39 is 86.8 Å². The van der Waals surface area contributed by atoms with Crippen molar-refractivity contribution in [3.8, 4) is 0 Å². The maximum atomic E-state index is 13.3. The fourth-order valence-electron chi connectivity index (χ4n) is 9.59. The van der Waals surface area contributed by atoms with Crippen molar-refractivity contribution in [2.24, 2.45) is 0 Å². The van der Waals surface area contributed by atoms with Gasteiger partial charge in [0, 0.05) is 6.42 Å². The fourth-order valence-corrected chi connectivity index (χ4v) is 9.59. The molecule has 0 bridgehead atoms. The van der Waals surface area contributed by atoms with E-state index in [4.69, 9.17) is 18.9 Å². The Morgan fingerprint density at radius 2 is 0.908 bits per heavy atom. The number of aliphatic hydroxyl groups is 8. The number of unbranched alkanes of at least 4 members (excludes halogenated alkanes) is 22. The van der Waals surface area contributed by atoms with Crippen LogP contribution in [0.15, 0.2) is 72.9 Å². The summed E-state index contributed by atoms with van der Waals surface area (Å²) in [4.78, 5) is 13.3. The number of allylic oxidation sites excluding steroid dienone is 12. The number of carbonyl (C=O) groups excluding carboxylic acids is 1. The molecule has 0 saturated carbocycles. The molecule has 0 aromatic heterocycles. The van der Waals surface area contributed by atoms with Crippen LogP contribution in [0.3, 0.4) is 0 Å². The molecule has 2 heterocycles. The molecule has 0 aromatic carbocycles. The van der Waals surface area contributed by atoms with Gasteiger partial charge in [-0.05, 0) is 64.2 Å². The topological polar surface area (TPSA) is 228 Å². The Balaban J connectivity index is 1.78. The molecule has 0 spiro atoms. The van der Waals surface area contributed by atoms with E-state index in [1.807, 2.05) is 0 Å². The highest BCUT2D eigenvalue weighted by atomic mass is 16.7. The van der Waals surface area contributed by atoms with Crippen molar-refractivity contribution in [1.82, 2.24) is 5.32 Å². The second kappa shape index (κ2) is 47.3. The molecule has 76 heavy (non-hydrogen) atoms. The Labute approximate surface area is 459 Å². The maximum Gasteiger partial charge on any atom is 0.220 e. The Morgan fingerprint density at radius 3 is 1.37 bits per heavy atom. The van der Waals surface area contributed by atoms with Crippen molar-refractivity contribution >= 4 is 5.91 Å². The Kier molecular flexibility index (Phi) is 43.2. The van der Waals surface area contributed by atoms with Gasteiger partial charge in [0.25, 0.3) is 0 Å². The molecule has 440 valence electrons. The van der Waals surface area contributed by atoms with Gasteiger partial charge in [-0.15, -0.1) is 0 Å². The molecule has 0 radical (unpaired) electrons. The van der Waals surface area contributed by atoms with Crippen molar-refractivity contribution in [3.63, 3.8) is 0 Å². The van der Waals surface area contributed by atoms with Crippen LogP contribution in [0.4, 0.5) is 0 Å². The van der Waals surface area contributed by atoms with Crippen molar-refractivity contribution in [2.75, 3.05) is 19.8 Å². The zero-order valence-corrected chi connectivity index (χ0v) is 47.2. The standard InChI is InChI=1S/C62H109NO13/c1-3-5-7-9-11-13-15-17-19-21-23-25-27-29-31-33-35-37-39-41-43-45-51(66)50(49-73-61-59(72)57(70)60(53(48-65)75-61)76-62-58(71)56(69)55(68)52(47-64)74-62)63-54(67)46-44-42-40-38-36-34-32-30-28-26-24-22-20-18-16-14-12-10-8-6-4-2/h6,8,12,14,18,20,24,26,30,32,36,38,50-53,55-62,64-66,68-72H,3-5,7,9-11,13,15-17,19,21-23,25,27-29,31,33-35,37,39-49H2,1-2H3,(H,63,67)/b8-6-,14-12-,20-18-,26-24-,32-30-,38-36-. The second-order valence-electron chi connectivity index (χ2n) is 21.1. The Morgan fingerprint density at radius 1 is 0.487 bits per heavy atom. The molecule has 14 nitrogen and oxygen atoms in total. The average molecular weight is 1080 g/mol.